The number of unbranched alkanes of at least 4 members (excludes halogenated alkanes) is 2. The molecule has 118 valence electrons. The molecule has 0 aliphatic heterocycles. The molecular weight excluding hydrogens is 288 g/mol. The molecule has 1 rings (SSSR count). The second kappa shape index (κ2) is 8.14. The van der Waals surface area contributed by atoms with E-state index >= 15 is 0 Å². The second-order valence-electron chi connectivity index (χ2n) is 5.13. The van der Waals surface area contributed by atoms with Crippen molar-refractivity contribution in [1.82, 2.24) is 9.62 Å². The standard InChI is InChI=1S/C15H24N2O3S/c1-4-5-6-11-15(18)16-12-13-9-7-8-10-14(13)21(19,20)17(2)3/h7-10H,4-6,11-12H2,1-3H3,(H,16,18). The van der Waals surface area contributed by atoms with Gasteiger partial charge in [-0.05, 0) is 18.1 Å². The smallest absolute Gasteiger partial charge is 0.242 e. The first-order valence-electron chi connectivity index (χ1n) is 7.16. The molecule has 21 heavy (non-hydrogen) atoms. The molecule has 0 fully saturated rings. The van der Waals surface area contributed by atoms with Crippen LogP contribution in [0.1, 0.15) is 38.2 Å². The molecule has 0 atom stereocenters. The van der Waals surface area contributed by atoms with Gasteiger partial charge in [-0.2, -0.15) is 0 Å². The van der Waals surface area contributed by atoms with Crippen LogP contribution < -0.4 is 5.32 Å². The summed E-state index contributed by atoms with van der Waals surface area (Å²) in [7, 11) is -0.503. The van der Waals surface area contributed by atoms with Gasteiger partial charge in [-0.25, -0.2) is 12.7 Å². The summed E-state index contributed by atoms with van der Waals surface area (Å²) in [6, 6.07) is 6.74. The molecule has 0 aliphatic rings. The van der Waals surface area contributed by atoms with Crippen molar-refractivity contribution in [2.24, 2.45) is 0 Å². The lowest BCUT2D eigenvalue weighted by Crippen LogP contribution is -2.26. The summed E-state index contributed by atoms with van der Waals surface area (Å²) >= 11 is 0. The van der Waals surface area contributed by atoms with E-state index < -0.39 is 10.0 Å². The third-order valence-electron chi connectivity index (χ3n) is 3.21. The molecule has 1 amide bonds. The molecule has 0 spiro atoms. The lowest BCUT2D eigenvalue weighted by Gasteiger charge is -2.15. The first kappa shape index (κ1) is 17.7. The average molecular weight is 312 g/mol. The van der Waals surface area contributed by atoms with Gasteiger partial charge in [0.25, 0.3) is 0 Å². The van der Waals surface area contributed by atoms with E-state index in [2.05, 4.69) is 12.2 Å². The molecule has 0 heterocycles. The number of nitrogens with zero attached hydrogens (tertiary/aromatic N) is 1. The van der Waals surface area contributed by atoms with Crippen LogP contribution in [-0.2, 0) is 21.4 Å². The van der Waals surface area contributed by atoms with Crippen molar-refractivity contribution in [3.05, 3.63) is 29.8 Å². The van der Waals surface area contributed by atoms with E-state index in [1.54, 1.807) is 24.3 Å². The zero-order valence-corrected chi connectivity index (χ0v) is 13.7. The topological polar surface area (TPSA) is 66.5 Å². The summed E-state index contributed by atoms with van der Waals surface area (Å²) in [5.74, 6) is -0.0412. The maximum Gasteiger partial charge on any atom is 0.242 e. The molecule has 0 bridgehead atoms. The summed E-state index contributed by atoms with van der Waals surface area (Å²) in [6.45, 7) is 2.31. The number of carbonyl (C=O) groups excluding carboxylic acids is 1. The van der Waals surface area contributed by atoms with Crippen molar-refractivity contribution in [1.29, 1.82) is 0 Å². The Labute approximate surface area is 127 Å². The zero-order chi connectivity index (χ0) is 15.9. The Hall–Kier alpha value is -1.40. The van der Waals surface area contributed by atoms with E-state index in [4.69, 9.17) is 0 Å². The van der Waals surface area contributed by atoms with E-state index in [1.807, 2.05) is 0 Å². The number of rotatable bonds is 8. The fourth-order valence-electron chi connectivity index (χ4n) is 1.92. The molecule has 0 saturated heterocycles. The van der Waals surface area contributed by atoms with Crippen LogP contribution in [-0.4, -0.2) is 32.7 Å². The van der Waals surface area contributed by atoms with E-state index in [0.717, 1.165) is 19.3 Å². The van der Waals surface area contributed by atoms with Gasteiger partial charge >= 0.3 is 0 Å². The highest BCUT2D eigenvalue weighted by Crippen LogP contribution is 2.18. The maximum absolute atomic E-state index is 12.2. The van der Waals surface area contributed by atoms with Crippen molar-refractivity contribution >= 4 is 15.9 Å². The molecule has 0 aliphatic carbocycles. The van der Waals surface area contributed by atoms with E-state index in [1.165, 1.54) is 18.4 Å². The SMILES string of the molecule is CCCCCC(=O)NCc1ccccc1S(=O)(=O)N(C)C. The van der Waals surface area contributed by atoms with Gasteiger partial charge in [0.05, 0.1) is 4.90 Å². The number of carbonyl (C=O) groups is 1. The van der Waals surface area contributed by atoms with Crippen LogP contribution in [0.2, 0.25) is 0 Å². The van der Waals surface area contributed by atoms with E-state index in [9.17, 15) is 13.2 Å². The molecule has 0 aromatic heterocycles. The van der Waals surface area contributed by atoms with Crippen molar-refractivity contribution in [2.75, 3.05) is 14.1 Å². The Morgan fingerprint density at radius 2 is 1.86 bits per heavy atom. The first-order chi connectivity index (χ1) is 9.89. The number of hydrogen-bond donors (Lipinski definition) is 1. The van der Waals surface area contributed by atoms with Gasteiger partial charge < -0.3 is 5.32 Å². The number of sulfonamides is 1. The molecule has 1 aromatic carbocycles. The number of hydrogen-bond acceptors (Lipinski definition) is 3. The van der Waals surface area contributed by atoms with Gasteiger partial charge in [0.15, 0.2) is 0 Å². The first-order valence-corrected chi connectivity index (χ1v) is 8.60. The zero-order valence-electron chi connectivity index (χ0n) is 12.9. The second-order valence-corrected chi connectivity index (χ2v) is 7.25. The Morgan fingerprint density at radius 1 is 1.19 bits per heavy atom. The van der Waals surface area contributed by atoms with E-state index in [-0.39, 0.29) is 17.3 Å². The molecule has 0 radical (unpaired) electrons. The van der Waals surface area contributed by atoms with Gasteiger partial charge in [-0.1, -0.05) is 38.0 Å². The summed E-state index contributed by atoms with van der Waals surface area (Å²) in [4.78, 5) is 12.0. The third kappa shape index (κ3) is 5.13. The predicted octanol–water partition coefficient (Wildman–Crippen LogP) is 2.13. The van der Waals surface area contributed by atoms with Gasteiger partial charge in [0.1, 0.15) is 0 Å². The number of benzene rings is 1. The van der Waals surface area contributed by atoms with Crippen LogP contribution in [0.4, 0.5) is 0 Å². The molecule has 1 aromatic rings. The highest BCUT2D eigenvalue weighted by atomic mass is 32.2. The Bertz CT molecular complexity index is 568. The van der Waals surface area contributed by atoms with Crippen LogP contribution in [0.15, 0.2) is 29.2 Å². The summed E-state index contributed by atoms with van der Waals surface area (Å²) < 4.78 is 25.6. The van der Waals surface area contributed by atoms with E-state index in [0.29, 0.717) is 12.0 Å². The van der Waals surface area contributed by atoms with Crippen LogP contribution in [0.5, 0.6) is 0 Å². The monoisotopic (exact) mass is 312 g/mol. The lowest BCUT2D eigenvalue weighted by atomic mass is 10.2. The van der Waals surface area contributed by atoms with Gasteiger partial charge in [0.2, 0.25) is 15.9 Å². The largest absolute Gasteiger partial charge is 0.352 e. The minimum absolute atomic E-state index is 0.0412. The molecular formula is C15H24N2O3S. The van der Waals surface area contributed by atoms with Crippen LogP contribution in [0, 0.1) is 0 Å². The minimum atomic E-state index is -3.49. The average Bonchev–Trinajstić information content (AvgIpc) is 2.45. The van der Waals surface area contributed by atoms with Crippen LogP contribution in [0.3, 0.4) is 0 Å². The minimum Gasteiger partial charge on any atom is -0.352 e. The van der Waals surface area contributed by atoms with Crippen LogP contribution >= 0.6 is 0 Å². The summed E-state index contributed by atoms with van der Waals surface area (Å²) in [6.07, 6.45) is 3.44. The van der Waals surface area contributed by atoms with Crippen molar-refractivity contribution < 1.29 is 13.2 Å². The van der Waals surface area contributed by atoms with Gasteiger partial charge in [0, 0.05) is 27.1 Å². The summed E-state index contributed by atoms with van der Waals surface area (Å²) in [5.41, 5.74) is 0.607. The molecule has 5 nitrogen and oxygen atoms in total. The Balaban J connectivity index is 2.75. The Kier molecular flexibility index (Phi) is 6.84. The van der Waals surface area contributed by atoms with Gasteiger partial charge in [-0.3, -0.25) is 4.79 Å². The lowest BCUT2D eigenvalue weighted by molar-refractivity contribution is -0.121. The quantitative estimate of drug-likeness (QED) is 0.748. The van der Waals surface area contributed by atoms with Crippen molar-refractivity contribution in [2.45, 2.75) is 44.0 Å². The fourth-order valence-corrected chi connectivity index (χ4v) is 3.03. The fraction of sp³-hybridized carbons (Fsp3) is 0.533. The van der Waals surface area contributed by atoms with Crippen molar-refractivity contribution in [3.8, 4) is 0 Å². The van der Waals surface area contributed by atoms with Crippen LogP contribution in [0.25, 0.3) is 0 Å². The summed E-state index contributed by atoms with van der Waals surface area (Å²) in [5, 5.41) is 2.79. The molecule has 6 heteroatoms. The molecule has 1 N–H and O–H groups in total. The predicted molar refractivity (Wildman–Crippen MR) is 83.3 cm³/mol. The maximum atomic E-state index is 12.2. The normalized spacial score (nSPS) is 11.6. The highest BCUT2D eigenvalue weighted by Gasteiger charge is 2.20. The highest BCUT2D eigenvalue weighted by molar-refractivity contribution is 7.89. The molecule has 0 saturated carbocycles. The molecule has 0 unspecified atom stereocenters. The third-order valence-corrected chi connectivity index (χ3v) is 5.13. The number of nitrogens with one attached hydrogen (secondary N) is 1. The van der Waals surface area contributed by atoms with Gasteiger partial charge in [-0.15, -0.1) is 0 Å². The number of amides is 1. The van der Waals surface area contributed by atoms with Crippen molar-refractivity contribution in [3.63, 3.8) is 0 Å². The Morgan fingerprint density at radius 3 is 2.48 bits per heavy atom.